The van der Waals surface area contributed by atoms with Crippen LogP contribution in [0, 0.1) is 5.92 Å². The van der Waals surface area contributed by atoms with E-state index in [9.17, 15) is 4.79 Å². The Labute approximate surface area is 84.5 Å². The number of carbonyl (C=O) groups excluding carboxylic acids is 1. The molecule has 0 aliphatic rings. The molecule has 5 nitrogen and oxygen atoms in total. The summed E-state index contributed by atoms with van der Waals surface area (Å²) in [5.74, 6) is 0.215. The van der Waals surface area contributed by atoms with Gasteiger partial charge in [0.05, 0.1) is 6.61 Å². The Morgan fingerprint density at radius 1 is 1.36 bits per heavy atom. The lowest BCUT2D eigenvalue weighted by atomic mass is 10.0. The lowest BCUT2D eigenvalue weighted by molar-refractivity contribution is -0.116. The summed E-state index contributed by atoms with van der Waals surface area (Å²) in [6.45, 7) is 2.33. The molecule has 1 unspecified atom stereocenters. The van der Waals surface area contributed by atoms with Gasteiger partial charge in [0, 0.05) is 20.6 Å². The summed E-state index contributed by atoms with van der Waals surface area (Å²) in [5, 5.41) is 0. The van der Waals surface area contributed by atoms with Crippen LogP contribution in [-0.2, 0) is 14.2 Å². The summed E-state index contributed by atoms with van der Waals surface area (Å²) in [6.07, 6.45) is 0.582. The first kappa shape index (κ1) is 13.2. The summed E-state index contributed by atoms with van der Waals surface area (Å²) >= 11 is 0. The predicted octanol–water partition coefficient (Wildman–Crippen LogP) is 1.12. The van der Waals surface area contributed by atoms with Crippen LogP contribution in [-0.4, -0.2) is 33.2 Å². The summed E-state index contributed by atoms with van der Waals surface area (Å²) < 4.78 is 14.8. The van der Waals surface area contributed by atoms with Crippen molar-refractivity contribution in [3.63, 3.8) is 0 Å². The third kappa shape index (κ3) is 5.77. The average Bonchev–Trinajstić information content (AvgIpc) is 2.18. The highest BCUT2D eigenvalue weighted by Gasteiger charge is 2.15. The number of carbonyl (C=O) groups is 1. The Bertz CT molecular complexity index is 159. The number of hydrogen-bond donors (Lipinski definition) is 1. The summed E-state index contributed by atoms with van der Waals surface area (Å²) in [6, 6.07) is 0. The monoisotopic (exact) mass is 205 g/mol. The predicted molar refractivity (Wildman–Crippen MR) is 51.7 cm³/mol. The molecule has 14 heavy (non-hydrogen) atoms. The van der Waals surface area contributed by atoms with Gasteiger partial charge in [-0.2, -0.15) is 0 Å². The van der Waals surface area contributed by atoms with Crippen LogP contribution >= 0.6 is 0 Å². The molecule has 1 amide bonds. The van der Waals surface area contributed by atoms with E-state index in [1.54, 1.807) is 14.2 Å². The SMILES string of the molecule is CCC(COC(N)=O)CC(OC)OC. The van der Waals surface area contributed by atoms with Crippen LogP contribution in [0.25, 0.3) is 0 Å². The maximum absolute atomic E-state index is 10.4. The van der Waals surface area contributed by atoms with E-state index in [2.05, 4.69) is 0 Å². The molecule has 0 aliphatic heterocycles. The van der Waals surface area contributed by atoms with E-state index in [0.717, 1.165) is 6.42 Å². The van der Waals surface area contributed by atoms with Gasteiger partial charge in [0.25, 0.3) is 0 Å². The molecule has 0 spiro atoms. The van der Waals surface area contributed by atoms with E-state index >= 15 is 0 Å². The second-order valence-electron chi connectivity index (χ2n) is 3.04. The van der Waals surface area contributed by atoms with Crippen LogP contribution in [0.4, 0.5) is 4.79 Å². The highest BCUT2D eigenvalue weighted by atomic mass is 16.7. The van der Waals surface area contributed by atoms with Crippen molar-refractivity contribution in [1.82, 2.24) is 0 Å². The Balaban J connectivity index is 3.82. The zero-order chi connectivity index (χ0) is 11.0. The van der Waals surface area contributed by atoms with Crippen molar-refractivity contribution < 1.29 is 19.0 Å². The molecule has 0 radical (unpaired) electrons. The van der Waals surface area contributed by atoms with Gasteiger partial charge in [0.1, 0.15) is 0 Å². The van der Waals surface area contributed by atoms with Crippen molar-refractivity contribution in [3.05, 3.63) is 0 Å². The molecule has 84 valence electrons. The van der Waals surface area contributed by atoms with Crippen LogP contribution in [0.2, 0.25) is 0 Å². The maximum atomic E-state index is 10.4. The van der Waals surface area contributed by atoms with Crippen molar-refractivity contribution >= 4 is 6.09 Å². The number of primary amides is 1. The summed E-state index contributed by atoms with van der Waals surface area (Å²) in [4.78, 5) is 10.4. The first-order chi connectivity index (χ1) is 6.63. The molecule has 0 heterocycles. The Morgan fingerprint density at radius 2 is 1.93 bits per heavy atom. The number of ether oxygens (including phenoxy) is 3. The van der Waals surface area contributed by atoms with Crippen LogP contribution in [0.15, 0.2) is 0 Å². The Hall–Kier alpha value is -0.810. The molecular formula is C9H19NO4. The van der Waals surface area contributed by atoms with Gasteiger partial charge >= 0.3 is 6.09 Å². The molecule has 5 heteroatoms. The molecule has 0 aromatic carbocycles. The van der Waals surface area contributed by atoms with Gasteiger partial charge in [-0.25, -0.2) is 4.79 Å². The fraction of sp³-hybridized carbons (Fsp3) is 0.889. The van der Waals surface area contributed by atoms with Crippen molar-refractivity contribution in [3.8, 4) is 0 Å². The standard InChI is InChI=1S/C9H19NO4/c1-4-7(6-14-9(10)11)5-8(12-2)13-3/h7-8H,4-6H2,1-3H3,(H2,10,11). The molecule has 1 atom stereocenters. The zero-order valence-electron chi connectivity index (χ0n) is 8.99. The fourth-order valence-corrected chi connectivity index (χ4v) is 1.11. The van der Waals surface area contributed by atoms with Crippen molar-refractivity contribution in [2.24, 2.45) is 11.7 Å². The van der Waals surface area contributed by atoms with Gasteiger partial charge in [-0.15, -0.1) is 0 Å². The highest BCUT2D eigenvalue weighted by Crippen LogP contribution is 2.13. The van der Waals surface area contributed by atoms with Gasteiger partial charge in [-0.05, 0) is 12.3 Å². The number of hydrogen-bond acceptors (Lipinski definition) is 4. The zero-order valence-corrected chi connectivity index (χ0v) is 8.99. The quantitative estimate of drug-likeness (QED) is 0.632. The molecule has 0 aromatic rings. The minimum atomic E-state index is -0.741. The molecular weight excluding hydrogens is 186 g/mol. The smallest absolute Gasteiger partial charge is 0.404 e. The number of amides is 1. The summed E-state index contributed by atoms with van der Waals surface area (Å²) in [5.41, 5.74) is 4.87. The summed E-state index contributed by atoms with van der Waals surface area (Å²) in [7, 11) is 3.16. The maximum Gasteiger partial charge on any atom is 0.404 e. The molecule has 0 aliphatic carbocycles. The molecule has 0 fully saturated rings. The van der Waals surface area contributed by atoms with Crippen molar-refractivity contribution in [2.45, 2.75) is 26.1 Å². The van der Waals surface area contributed by atoms with E-state index in [-0.39, 0.29) is 12.2 Å². The molecule has 0 bridgehead atoms. The third-order valence-corrected chi connectivity index (χ3v) is 2.09. The minimum Gasteiger partial charge on any atom is -0.449 e. The van der Waals surface area contributed by atoms with Crippen LogP contribution in [0.3, 0.4) is 0 Å². The van der Waals surface area contributed by atoms with E-state index in [1.165, 1.54) is 0 Å². The largest absolute Gasteiger partial charge is 0.449 e. The van der Waals surface area contributed by atoms with Gasteiger partial charge in [0.15, 0.2) is 6.29 Å². The van der Waals surface area contributed by atoms with E-state index in [4.69, 9.17) is 19.9 Å². The number of methoxy groups -OCH3 is 2. The van der Waals surface area contributed by atoms with Gasteiger partial charge < -0.3 is 19.9 Å². The van der Waals surface area contributed by atoms with Crippen LogP contribution in [0.5, 0.6) is 0 Å². The third-order valence-electron chi connectivity index (χ3n) is 2.09. The van der Waals surface area contributed by atoms with E-state index < -0.39 is 6.09 Å². The highest BCUT2D eigenvalue weighted by molar-refractivity contribution is 5.64. The van der Waals surface area contributed by atoms with Crippen molar-refractivity contribution in [2.75, 3.05) is 20.8 Å². The second-order valence-corrected chi connectivity index (χ2v) is 3.04. The molecule has 0 aromatic heterocycles. The first-order valence-electron chi connectivity index (χ1n) is 4.61. The minimum absolute atomic E-state index is 0.215. The van der Waals surface area contributed by atoms with Gasteiger partial charge in [-0.1, -0.05) is 6.92 Å². The fourth-order valence-electron chi connectivity index (χ4n) is 1.11. The normalized spacial score (nSPS) is 12.9. The topological polar surface area (TPSA) is 70.8 Å². The van der Waals surface area contributed by atoms with Crippen molar-refractivity contribution in [1.29, 1.82) is 0 Å². The van der Waals surface area contributed by atoms with Crippen LogP contribution in [0.1, 0.15) is 19.8 Å². The average molecular weight is 205 g/mol. The Kier molecular flexibility index (Phi) is 7.14. The van der Waals surface area contributed by atoms with E-state index in [1.807, 2.05) is 6.92 Å². The number of nitrogens with two attached hydrogens (primary N) is 1. The Morgan fingerprint density at radius 3 is 2.29 bits per heavy atom. The lowest BCUT2D eigenvalue weighted by Crippen LogP contribution is -2.23. The van der Waals surface area contributed by atoms with Crippen LogP contribution < -0.4 is 5.73 Å². The van der Waals surface area contributed by atoms with Gasteiger partial charge in [0.2, 0.25) is 0 Å². The second kappa shape index (κ2) is 7.58. The molecule has 0 saturated heterocycles. The molecule has 2 N–H and O–H groups in total. The van der Waals surface area contributed by atoms with E-state index in [0.29, 0.717) is 13.0 Å². The molecule has 0 rings (SSSR count). The lowest BCUT2D eigenvalue weighted by Gasteiger charge is -2.19. The molecule has 0 saturated carbocycles. The number of rotatable bonds is 7. The first-order valence-corrected chi connectivity index (χ1v) is 4.61. The van der Waals surface area contributed by atoms with Gasteiger partial charge in [-0.3, -0.25) is 0 Å².